The van der Waals surface area contributed by atoms with E-state index >= 15 is 0 Å². The van der Waals surface area contributed by atoms with Gasteiger partial charge in [-0.05, 0) is 26.3 Å². The number of benzene rings is 1. The molecule has 0 bridgehead atoms. The zero-order valence-corrected chi connectivity index (χ0v) is 11.8. The molecular formula is C14H20N2O4. The molecule has 2 amide bonds. The van der Waals surface area contributed by atoms with E-state index in [1.807, 2.05) is 30.3 Å². The van der Waals surface area contributed by atoms with Gasteiger partial charge in [0.05, 0.1) is 0 Å². The highest BCUT2D eigenvalue weighted by molar-refractivity contribution is 5.85. The van der Waals surface area contributed by atoms with Crippen LogP contribution in [0.5, 0.6) is 0 Å². The van der Waals surface area contributed by atoms with Crippen LogP contribution in [0.4, 0.5) is 4.79 Å². The average molecular weight is 280 g/mol. The third-order valence-electron chi connectivity index (χ3n) is 2.40. The first kappa shape index (κ1) is 16.0. The van der Waals surface area contributed by atoms with Crippen molar-refractivity contribution >= 4 is 12.0 Å². The third-order valence-corrected chi connectivity index (χ3v) is 2.40. The number of hydrogen-bond acceptors (Lipinski definition) is 4. The molecule has 0 aliphatic heterocycles. The minimum absolute atomic E-state index is 0.256. The van der Waals surface area contributed by atoms with E-state index < -0.39 is 23.6 Å². The lowest BCUT2D eigenvalue weighted by Crippen LogP contribution is -2.48. The van der Waals surface area contributed by atoms with Gasteiger partial charge in [-0.15, -0.1) is 0 Å². The van der Waals surface area contributed by atoms with E-state index in [1.165, 1.54) is 0 Å². The molecule has 6 heteroatoms. The van der Waals surface area contributed by atoms with Crippen molar-refractivity contribution in [2.24, 2.45) is 0 Å². The quantitative estimate of drug-likeness (QED) is 0.578. The summed E-state index contributed by atoms with van der Waals surface area (Å²) in [6.45, 7) is 5.18. The van der Waals surface area contributed by atoms with Crippen LogP contribution in [-0.2, 0) is 16.0 Å². The van der Waals surface area contributed by atoms with Crippen LogP contribution in [-0.4, -0.2) is 28.9 Å². The van der Waals surface area contributed by atoms with Crippen LogP contribution in [0.15, 0.2) is 30.3 Å². The predicted octanol–water partition coefficient (Wildman–Crippen LogP) is 1.63. The van der Waals surface area contributed by atoms with Gasteiger partial charge in [0.2, 0.25) is 0 Å². The van der Waals surface area contributed by atoms with Crippen LogP contribution in [0.3, 0.4) is 0 Å². The second kappa shape index (κ2) is 6.91. The van der Waals surface area contributed by atoms with Crippen LogP contribution in [0, 0.1) is 0 Å². The Morgan fingerprint density at radius 3 is 2.35 bits per heavy atom. The molecule has 0 aromatic heterocycles. The van der Waals surface area contributed by atoms with Gasteiger partial charge in [0.15, 0.2) is 0 Å². The standard InChI is InChI=1S/C14H20N2O4/c1-14(2,3)20-13(18)15-11(12(17)16-19)9-10-7-5-4-6-8-10/h4-8,11,19H,9H2,1-3H3,(H,15,18)(H,16,17)/t11-/m0/s1. The van der Waals surface area contributed by atoms with Gasteiger partial charge in [-0.1, -0.05) is 30.3 Å². The number of nitrogens with one attached hydrogen (secondary N) is 2. The number of carbonyl (C=O) groups excluding carboxylic acids is 2. The lowest BCUT2D eigenvalue weighted by Gasteiger charge is -2.22. The Bertz CT molecular complexity index is 454. The van der Waals surface area contributed by atoms with Gasteiger partial charge < -0.3 is 10.1 Å². The lowest BCUT2D eigenvalue weighted by molar-refractivity contribution is -0.131. The fourth-order valence-electron chi connectivity index (χ4n) is 1.59. The molecule has 1 atom stereocenters. The van der Waals surface area contributed by atoms with Crippen LogP contribution in [0.25, 0.3) is 0 Å². The second-order valence-electron chi connectivity index (χ2n) is 5.36. The number of hydrogen-bond donors (Lipinski definition) is 3. The fraction of sp³-hybridized carbons (Fsp3) is 0.429. The topological polar surface area (TPSA) is 87.7 Å². The molecule has 0 unspecified atom stereocenters. The monoisotopic (exact) mass is 280 g/mol. The number of ether oxygens (including phenoxy) is 1. The maximum Gasteiger partial charge on any atom is 0.408 e. The summed E-state index contributed by atoms with van der Waals surface area (Å²) in [7, 11) is 0. The molecule has 0 saturated carbocycles. The number of alkyl carbamates (subject to hydrolysis) is 1. The lowest BCUT2D eigenvalue weighted by atomic mass is 10.1. The summed E-state index contributed by atoms with van der Waals surface area (Å²) >= 11 is 0. The number of rotatable bonds is 4. The largest absolute Gasteiger partial charge is 0.444 e. The molecule has 0 aliphatic carbocycles. The van der Waals surface area contributed by atoms with E-state index in [1.54, 1.807) is 26.3 Å². The molecular weight excluding hydrogens is 260 g/mol. The van der Waals surface area contributed by atoms with E-state index in [0.29, 0.717) is 0 Å². The van der Waals surface area contributed by atoms with Crippen LogP contribution in [0.2, 0.25) is 0 Å². The molecule has 0 radical (unpaired) electrons. The first-order valence-electron chi connectivity index (χ1n) is 6.29. The molecule has 1 aromatic rings. The molecule has 0 spiro atoms. The molecule has 6 nitrogen and oxygen atoms in total. The number of hydroxylamine groups is 1. The van der Waals surface area contributed by atoms with E-state index in [9.17, 15) is 9.59 Å². The molecule has 1 aromatic carbocycles. The molecule has 0 saturated heterocycles. The van der Waals surface area contributed by atoms with Gasteiger partial charge in [0.1, 0.15) is 11.6 Å². The maximum absolute atomic E-state index is 11.7. The molecule has 20 heavy (non-hydrogen) atoms. The van der Waals surface area contributed by atoms with E-state index in [2.05, 4.69) is 5.32 Å². The Labute approximate surface area is 118 Å². The van der Waals surface area contributed by atoms with Gasteiger partial charge in [0, 0.05) is 6.42 Å². The SMILES string of the molecule is CC(C)(C)OC(=O)N[C@@H](Cc1ccccc1)C(=O)NO. The minimum Gasteiger partial charge on any atom is -0.444 e. The Hall–Kier alpha value is -2.08. The Morgan fingerprint density at radius 2 is 1.85 bits per heavy atom. The Morgan fingerprint density at radius 1 is 1.25 bits per heavy atom. The summed E-state index contributed by atoms with van der Waals surface area (Å²) in [6.07, 6.45) is -0.450. The number of amides is 2. The third kappa shape index (κ3) is 5.71. The van der Waals surface area contributed by atoms with Crippen molar-refractivity contribution in [3.63, 3.8) is 0 Å². The summed E-state index contributed by atoms with van der Waals surface area (Å²) < 4.78 is 5.09. The average Bonchev–Trinajstić information content (AvgIpc) is 2.36. The summed E-state index contributed by atoms with van der Waals surface area (Å²) in [5.41, 5.74) is 1.75. The normalized spacial score (nSPS) is 12.4. The minimum atomic E-state index is -0.905. The zero-order valence-electron chi connectivity index (χ0n) is 11.8. The molecule has 1 rings (SSSR count). The van der Waals surface area contributed by atoms with Crippen molar-refractivity contribution in [2.45, 2.75) is 38.8 Å². The van der Waals surface area contributed by atoms with E-state index in [-0.39, 0.29) is 6.42 Å². The summed E-state index contributed by atoms with van der Waals surface area (Å²) in [6, 6.07) is 8.26. The molecule has 110 valence electrons. The van der Waals surface area contributed by atoms with Crippen LogP contribution < -0.4 is 10.8 Å². The van der Waals surface area contributed by atoms with Gasteiger partial charge in [-0.3, -0.25) is 10.0 Å². The van der Waals surface area contributed by atoms with Gasteiger partial charge >= 0.3 is 6.09 Å². The summed E-state index contributed by atoms with van der Waals surface area (Å²) in [5, 5.41) is 11.2. The second-order valence-corrected chi connectivity index (χ2v) is 5.36. The highest BCUT2D eigenvalue weighted by Crippen LogP contribution is 2.08. The van der Waals surface area contributed by atoms with Gasteiger partial charge in [0.25, 0.3) is 5.91 Å². The van der Waals surface area contributed by atoms with E-state index in [0.717, 1.165) is 5.56 Å². The summed E-state index contributed by atoms with van der Waals surface area (Å²) in [4.78, 5) is 23.3. The van der Waals surface area contributed by atoms with Crippen LogP contribution >= 0.6 is 0 Å². The highest BCUT2D eigenvalue weighted by Gasteiger charge is 2.24. The van der Waals surface area contributed by atoms with Crippen molar-refractivity contribution in [1.29, 1.82) is 0 Å². The molecule has 0 fully saturated rings. The molecule has 3 N–H and O–H groups in total. The summed E-state index contributed by atoms with van der Waals surface area (Å²) in [5.74, 6) is -0.695. The van der Waals surface area contributed by atoms with Crippen molar-refractivity contribution in [3.05, 3.63) is 35.9 Å². The maximum atomic E-state index is 11.7. The van der Waals surface area contributed by atoms with Crippen molar-refractivity contribution in [1.82, 2.24) is 10.8 Å². The first-order valence-corrected chi connectivity index (χ1v) is 6.29. The Kier molecular flexibility index (Phi) is 5.52. The Balaban J connectivity index is 2.70. The smallest absolute Gasteiger partial charge is 0.408 e. The predicted molar refractivity (Wildman–Crippen MR) is 73.2 cm³/mol. The van der Waals surface area contributed by atoms with E-state index in [4.69, 9.17) is 9.94 Å². The zero-order chi connectivity index (χ0) is 15.2. The first-order chi connectivity index (χ1) is 9.31. The molecule has 0 aliphatic rings. The highest BCUT2D eigenvalue weighted by atomic mass is 16.6. The van der Waals surface area contributed by atoms with Crippen LogP contribution in [0.1, 0.15) is 26.3 Å². The van der Waals surface area contributed by atoms with Gasteiger partial charge in [-0.25, -0.2) is 10.3 Å². The van der Waals surface area contributed by atoms with Crippen molar-refractivity contribution in [2.75, 3.05) is 0 Å². The molecule has 0 heterocycles. The van der Waals surface area contributed by atoms with Crippen molar-refractivity contribution < 1.29 is 19.5 Å². The number of carbonyl (C=O) groups is 2. The van der Waals surface area contributed by atoms with Crippen molar-refractivity contribution in [3.8, 4) is 0 Å². The van der Waals surface area contributed by atoms with Gasteiger partial charge in [-0.2, -0.15) is 0 Å². The fourth-order valence-corrected chi connectivity index (χ4v) is 1.59.